The fourth-order valence-electron chi connectivity index (χ4n) is 2.04. The van der Waals surface area contributed by atoms with Crippen molar-refractivity contribution in [1.29, 1.82) is 5.26 Å². The smallest absolute Gasteiger partial charge is 0.169 e. The van der Waals surface area contributed by atoms with Crippen LogP contribution in [-0.2, 0) is 6.54 Å². The Hall–Kier alpha value is -2.41. The molecule has 0 radical (unpaired) electrons. The molecule has 0 aliphatic rings. The second kappa shape index (κ2) is 5.70. The quantitative estimate of drug-likeness (QED) is 0.857. The van der Waals surface area contributed by atoms with Gasteiger partial charge in [-0.3, -0.25) is 0 Å². The zero-order valence-corrected chi connectivity index (χ0v) is 12.3. The van der Waals surface area contributed by atoms with E-state index in [2.05, 4.69) is 47.5 Å². The predicted octanol–water partition coefficient (Wildman–Crippen LogP) is 2.91. The number of nitrogens with zero attached hydrogens (tertiary/aromatic N) is 4. The second-order valence-electron chi connectivity index (χ2n) is 5.06. The number of hydrogen-bond donors (Lipinski definition) is 0. The SMILES string of the molecule is Cc1ccc(CN(C)c2nnc(C)c(C)c2C#N)cc1. The summed E-state index contributed by atoms with van der Waals surface area (Å²) in [6, 6.07) is 10.6. The summed E-state index contributed by atoms with van der Waals surface area (Å²) in [5.41, 5.74) is 4.72. The van der Waals surface area contributed by atoms with Crippen molar-refractivity contribution in [1.82, 2.24) is 10.2 Å². The van der Waals surface area contributed by atoms with Crippen LogP contribution < -0.4 is 4.90 Å². The van der Waals surface area contributed by atoms with E-state index in [-0.39, 0.29) is 0 Å². The van der Waals surface area contributed by atoms with E-state index < -0.39 is 0 Å². The van der Waals surface area contributed by atoms with Gasteiger partial charge in [0.05, 0.1) is 5.69 Å². The number of rotatable bonds is 3. The van der Waals surface area contributed by atoms with Gasteiger partial charge in [-0.15, -0.1) is 5.10 Å². The monoisotopic (exact) mass is 266 g/mol. The molecule has 0 unspecified atom stereocenters. The van der Waals surface area contributed by atoms with Gasteiger partial charge in [-0.25, -0.2) is 0 Å². The average Bonchev–Trinajstić information content (AvgIpc) is 2.44. The lowest BCUT2D eigenvalue weighted by molar-refractivity contribution is 0.846. The van der Waals surface area contributed by atoms with Gasteiger partial charge in [0.25, 0.3) is 0 Å². The first-order valence-corrected chi connectivity index (χ1v) is 6.53. The lowest BCUT2D eigenvalue weighted by Crippen LogP contribution is -2.20. The minimum absolute atomic E-state index is 0.604. The van der Waals surface area contributed by atoms with Crippen LogP contribution in [0.4, 0.5) is 5.82 Å². The zero-order chi connectivity index (χ0) is 14.7. The van der Waals surface area contributed by atoms with Crippen molar-refractivity contribution < 1.29 is 0 Å². The third kappa shape index (κ3) is 2.77. The summed E-state index contributed by atoms with van der Waals surface area (Å²) < 4.78 is 0. The molecule has 0 N–H and O–H groups in total. The number of anilines is 1. The van der Waals surface area contributed by atoms with Gasteiger partial charge in [-0.05, 0) is 31.9 Å². The molecule has 0 saturated heterocycles. The first-order chi connectivity index (χ1) is 9.52. The number of nitriles is 1. The summed E-state index contributed by atoms with van der Waals surface area (Å²) in [6.45, 7) is 6.54. The number of benzene rings is 1. The summed E-state index contributed by atoms with van der Waals surface area (Å²) >= 11 is 0. The molecule has 0 bridgehead atoms. The molecule has 1 aromatic carbocycles. The predicted molar refractivity (Wildman–Crippen MR) is 79.5 cm³/mol. The van der Waals surface area contributed by atoms with E-state index in [0.717, 1.165) is 11.3 Å². The van der Waals surface area contributed by atoms with Crippen molar-refractivity contribution in [3.05, 3.63) is 52.2 Å². The van der Waals surface area contributed by atoms with Gasteiger partial charge in [-0.1, -0.05) is 29.8 Å². The van der Waals surface area contributed by atoms with E-state index in [1.54, 1.807) is 0 Å². The van der Waals surface area contributed by atoms with Crippen LogP contribution in [0.1, 0.15) is 27.9 Å². The van der Waals surface area contributed by atoms with Crippen molar-refractivity contribution in [3.63, 3.8) is 0 Å². The molecule has 0 amide bonds. The molecule has 0 atom stereocenters. The van der Waals surface area contributed by atoms with Gasteiger partial charge in [0, 0.05) is 13.6 Å². The number of aromatic nitrogens is 2. The van der Waals surface area contributed by atoms with Crippen LogP contribution in [0.2, 0.25) is 0 Å². The molecule has 2 aromatic rings. The molecular formula is C16H18N4. The minimum Gasteiger partial charge on any atom is -0.353 e. The Morgan fingerprint density at radius 3 is 2.35 bits per heavy atom. The fraction of sp³-hybridized carbons (Fsp3) is 0.312. The van der Waals surface area contributed by atoms with Gasteiger partial charge in [0.2, 0.25) is 0 Å². The fourth-order valence-corrected chi connectivity index (χ4v) is 2.04. The van der Waals surface area contributed by atoms with Crippen molar-refractivity contribution in [2.75, 3.05) is 11.9 Å². The largest absolute Gasteiger partial charge is 0.353 e. The Labute approximate surface area is 119 Å². The minimum atomic E-state index is 0.604. The standard InChI is InChI=1S/C16H18N4/c1-11-5-7-14(8-6-11)10-20(4)16-15(9-17)12(2)13(3)18-19-16/h5-8H,10H2,1-4H3. The van der Waals surface area contributed by atoms with Crippen molar-refractivity contribution in [2.24, 2.45) is 0 Å². The summed E-state index contributed by atoms with van der Waals surface area (Å²) in [5.74, 6) is 0.635. The van der Waals surface area contributed by atoms with E-state index in [4.69, 9.17) is 0 Å². The highest BCUT2D eigenvalue weighted by Gasteiger charge is 2.14. The molecule has 1 aromatic heterocycles. The Bertz CT molecular complexity index is 653. The molecule has 2 rings (SSSR count). The Kier molecular flexibility index (Phi) is 3.99. The first-order valence-electron chi connectivity index (χ1n) is 6.53. The third-order valence-corrected chi connectivity index (χ3v) is 3.45. The molecule has 0 aliphatic heterocycles. The second-order valence-corrected chi connectivity index (χ2v) is 5.06. The molecule has 0 saturated carbocycles. The third-order valence-electron chi connectivity index (χ3n) is 3.45. The molecule has 0 spiro atoms. The first kappa shape index (κ1) is 14.0. The lowest BCUT2D eigenvalue weighted by atomic mass is 10.1. The van der Waals surface area contributed by atoms with Gasteiger partial charge < -0.3 is 4.90 Å². The van der Waals surface area contributed by atoms with Gasteiger partial charge in [-0.2, -0.15) is 10.4 Å². The van der Waals surface area contributed by atoms with Crippen LogP contribution in [0.5, 0.6) is 0 Å². The zero-order valence-electron chi connectivity index (χ0n) is 12.3. The normalized spacial score (nSPS) is 10.2. The Morgan fingerprint density at radius 2 is 1.75 bits per heavy atom. The molecule has 4 heteroatoms. The van der Waals surface area contributed by atoms with Crippen molar-refractivity contribution in [3.8, 4) is 6.07 Å². The molecule has 1 heterocycles. The van der Waals surface area contributed by atoms with E-state index in [9.17, 15) is 5.26 Å². The Morgan fingerprint density at radius 1 is 1.10 bits per heavy atom. The molecule has 0 fully saturated rings. The van der Waals surface area contributed by atoms with Crippen LogP contribution in [0.25, 0.3) is 0 Å². The average molecular weight is 266 g/mol. The highest BCUT2D eigenvalue weighted by Crippen LogP contribution is 2.21. The van der Waals surface area contributed by atoms with Crippen molar-refractivity contribution >= 4 is 5.82 Å². The topological polar surface area (TPSA) is 52.8 Å². The lowest BCUT2D eigenvalue weighted by Gasteiger charge is -2.20. The molecule has 4 nitrogen and oxygen atoms in total. The summed E-state index contributed by atoms with van der Waals surface area (Å²) in [4.78, 5) is 1.96. The van der Waals surface area contributed by atoms with E-state index in [0.29, 0.717) is 17.9 Å². The Balaban J connectivity index is 2.30. The molecular weight excluding hydrogens is 248 g/mol. The van der Waals surface area contributed by atoms with E-state index in [1.807, 2.05) is 25.8 Å². The molecule has 20 heavy (non-hydrogen) atoms. The summed E-state index contributed by atoms with van der Waals surface area (Å²) in [6.07, 6.45) is 0. The number of aryl methyl sites for hydroxylation is 2. The molecule has 0 aliphatic carbocycles. The van der Waals surface area contributed by atoms with Crippen LogP contribution in [-0.4, -0.2) is 17.2 Å². The van der Waals surface area contributed by atoms with Gasteiger partial charge in [0.15, 0.2) is 5.82 Å². The maximum absolute atomic E-state index is 9.33. The van der Waals surface area contributed by atoms with Crippen LogP contribution in [0.15, 0.2) is 24.3 Å². The number of hydrogen-bond acceptors (Lipinski definition) is 4. The summed E-state index contributed by atoms with van der Waals surface area (Å²) in [5, 5.41) is 17.6. The maximum atomic E-state index is 9.33. The van der Waals surface area contributed by atoms with Crippen molar-refractivity contribution in [2.45, 2.75) is 27.3 Å². The van der Waals surface area contributed by atoms with Crippen LogP contribution in [0, 0.1) is 32.1 Å². The maximum Gasteiger partial charge on any atom is 0.169 e. The van der Waals surface area contributed by atoms with Gasteiger partial charge in [0.1, 0.15) is 11.6 Å². The van der Waals surface area contributed by atoms with Crippen LogP contribution >= 0.6 is 0 Å². The van der Waals surface area contributed by atoms with E-state index >= 15 is 0 Å². The van der Waals surface area contributed by atoms with E-state index in [1.165, 1.54) is 11.1 Å². The highest BCUT2D eigenvalue weighted by atomic mass is 15.2. The van der Waals surface area contributed by atoms with Gasteiger partial charge >= 0.3 is 0 Å². The molecule has 102 valence electrons. The van der Waals surface area contributed by atoms with Crippen LogP contribution in [0.3, 0.4) is 0 Å². The summed E-state index contributed by atoms with van der Waals surface area (Å²) in [7, 11) is 1.93. The highest BCUT2D eigenvalue weighted by molar-refractivity contribution is 5.57.